The van der Waals surface area contributed by atoms with Crippen LogP contribution in [0, 0.1) is 24.0 Å². The average molecular weight is 549 g/mol. The lowest BCUT2D eigenvalue weighted by atomic mass is 10.0. The summed E-state index contributed by atoms with van der Waals surface area (Å²) in [4.78, 5) is 28.0. The van der Waals surface area contributed by atoms with E-state index in [1.165, 1.54) is 29.3 Å². The van der Waals surface area contributed by atoms with Crippen LogP contribution in [0.2, 0.25) is 5.02 Å². The van der Waals surface area contributed by atoms with E-state index in [2.05, 4.69) is 79.2 Å². The number of benzene rings is 3. The highest BCUT2D eigenvalue weighted by Gasteiger charge is 2.20. The Morgan fingerprint density at radius 3 is 2.26 bits per heavy atom. The molecule has 0 aliphatic carbocycles. The molecular formula is C29H29ClN4O3S. The number of carbonyl (C=O) groups is 1. The molecule has 0 bridgehead atoms. The van der Waals surface area contributed by atoms with Crippen molar-refractivity contribution in [1.82, 2.24) is 14.9 Å². The molecular weight excluding hydrogens is 520 g/mol. The third-order valence-electron chi connectivity index (χ3n) is 6.14. The van der Waals surface area contributed by atoms with Crippen LogP contribution in [0.5, 0.6) is 0 Å². The van der Waals surface area contributed by atoms with Gasteiger partial charge in [0.05, 0.1) is 16.3 Å². The Hall–Kier alpha value is -3.62. The molecule has 1 heterocycles. The molecule has 0 spiro atoms. The van der Waals surface area contributed by atoms with E-state index < -0.39 is 4.92 Å². The molecule has 7 nitrogen and oxygen atoms in total. The third-order valence-corrected chi connectivity index (χ3v) is 7.52. The van der Waals surface area contributed by atoms with Gasteiger partial charge in [0.25, 0.3) is 11.6 Å². The van der Waals surface area contributed by atoms with Crippen molar-refractivity contribution in [3.05, 3.63) is 98.6 Å². The second kappa shape index (κ2) is 12.3. The number of carbonyl (C=O) groups excluding carboxylic acids is 1. The van der Waals surface area contributed by atoms with Crippen LogP contribution in [0.3, 0.4) is 0 Å². The van der Waals surface area contributed by atoms with Crippen LogP contribution >= 0.6 is 23.4 Å². The number of amides is 1. The zero-order valence-corrected chi connectivity index (χ0v) is 23.1. The maximum absolute atomic E-state index is 12.5. The Bertz CT molecular complexity index is 1450. The van der Waals surface area contributed by atoms with E-state index in [4.69, 9.17) is 16.6 Å². The fourth-order valence-electron chi connectivity index (χ4n) is 4.09. The van der Waals surface area contributed by atoms with E-state index in [1.807, 2.05) is 0 Å². The van der Waals surface area contributed by atoms with Gasteiger partial charge in [0, 0.05) is 41.6 Å². The van der Waals surface area contributed by atoms with Gasteiger partial charge in [0.1, 0.15) is 5.02 Å². The maximum atomic E-state index is 12.5. The first-order valence-electron chi connectivity index (χ1n) is 12.4. The van der Waals surface area contributed by atoms with Gasteiger partial charge in [-0.25, -0.2) is 4.98 Å². The van der Waals surface area contributed by atoms with Crippen molar-refractivity contribution in [2.24, 2.45) is 0 Å². The lowest BCUT2D eigenvalue weighted by molar-refractivity contribution is -0.384. The lowest BCUT2D eigenvalue weighted by Gasteiger charge is -2.11. The summed E-state index contributed by atoms with van der Waals surface area (Å²) >= 11 is 7.50. The number of aryl methyl sites for hydroxylation is 2. The molecule has 0 fully saturated rings. The number of hydrogen-bond donors (Lipinski definition) is 1. The Labute approximate surface area is 231 Å². The molecule has 3 aromatic carbocycles. The molecule has 0 radical (unpaired) electrons. The Balaban J connectivity index is 1.47. The van der Waals surface area contributed by atoms with E-state index in [-0.39, 0.29) is 22.2 Å². The summed E-state index contributed by atoms with van der Waals surface area (Å²) in [6.07, 6.45) is 0.711. The molecule has 0 atom stereocenters. The zero-order chi connectivity index (χ0) is 27.2. The topological polar surface area (TPSA) is 90.1 Å². The Morgan fingerprint density at radius 2 is 1.66 bits per heavy atom. The van der Waals surface area contributed by atoms with Gasteiger partial charge in [0.15, 0.2) is 5.16 Å². The molecule has 0 saturated heterocycles. The minimum atomic E-state index is -0.596. The molecule has 1 aromatic heterocycles. The van der Waals surface area contributed by atoms with Crippen LogP contribution < -0.4 is 5.32 Å². The first-order valence-corrected chi connectivity index (χ1v) is 13.7. The SMILES string of the molecule is CCn1c(SCCCNC(=O)c2ccc(Cl)c([N+](=O)[O-])c2)nc(-c2ccc(C)cc2)c1-c1ccc(C)cc1. The van der Waals surface area contributed by atoms with Gasteiger partial charge in [-0.05, 0) is 39.3 Å². The highest BCUT2D eigenvalue weighted by atomic mass is 35.5. The Kier molecular flexibility index (Phi) is 8.86. The quantitative estimate of drug-likeness (QED) is 0.0969. The normalized spacial score (nSPS) is 10.9. The predicted octanol–water partition coefficient (Wildman–Crippen LogP) is 7.33. The lowest BCUT2D eigenvalue weighted by Crippen LogP contribution is -2.24. The summed E-state index contributed by atoms with van der Waals surface area (Å²) in [6.45, 7) is 7.48. The van der Waals surface area contributed by atoms with Crippen molar-refractivity contribution >= 4 is 35.0 Å². The number of thioether (sulfide) groups is 1. The zero-order valence-electron chi connectivity index (χ0n) is 21.5. The molecule has 4 aromatic rings. The predicted molar refractivity (Wildman–Crippen MR) is 154 cm³/mol. The number of nitrogens with one attached hydrogen (secondary N) is 1. The smallest absolute Gasteiger partial charge is 0.288 e. The molecule has 4 rings (SSSR count). The molecule has 196 valence electrons. The van der Waals surface area contributed by atoms with Crippen molar-refractivity contribution < 1.29 is 9.72 Å². The molecule has 0 unspecified atom stereocenters. The summed E-state index contributed by atoms with van der Waals surface area (Å²) in [5.74, 6) is 0.381. The summed E-state index contributed by atoms with van der Waals surface area (Å²) in [5.41, 5.74) is 6.58. The first kappa shape index (κ1) is 27.4. The van der Waals surface area contributed by atoms with Crippen molar-refractivity contribution in [3.8, 4) is 22.5 Å². The highest BCUT2D eigenvalue weighted by Crippen LogP contribution is 2.36. The number of nitrogens with zero attached hydrogens (tertiary/aromatic N) is 3. The molecule has 0 saturated carbocycles. The number of halogens is 1. The van der Waals surface area contributed by atoms with E-state index >= 15 is 0 Å². The van der Waals surface area contributed by atoms with E-state index in [0.29, 0.717) is 13.0 Å². The number of nitro benzene ring substituents is 1. The van der Waals surface area contributed by atoms with Crippen LogP contribution in [0.4, 0.5) is 5.69 Å². The standard InChI is InChI=1S/C29H29ClN4O3S/c1-4-33-27(22-12-8-20(3)9-13-22)26(21-10-6-19(2)7-11-21)32-29(33)38-17-5-16-31-28(35)23-14-15-24(30)25(18-23)34(36)37/h6-15,18H,4-5,16-17H2,1-3H3,(H,31,35). The van der Waals surface area contributed by atoms with Gasteiger partial charge in [0.2, 0.25) is 0 Å². The molecule has 0 aliphatic rings. The molecule has 38 heavy (non-hydrogen) atoms. The van der Waals surface area contributed by atoms with Gasteiger partial charge in [-0.3, -0.25) is 14.9 Å². The van der Waals surface area contributed by atoms with Crippen LogP contribution in [-0.4, -0.2) is 32.7 Å². The van der Waals surface area contributed by atoms with Crippen molar-refractivity contribution in [2.75, 3.05) is 12.3 Å². The Morgan fingerprint density at radius 1 is 1.03 bits per heavy atom. The molecule has 9 heteroatoms. The monoisotopic (exact) mass is 548 g/mol. The number of aromatic nitrogens is 2. The van der Waals surface area contributed by atoms with Crippen LogP contribution in [0.25, 0.3) is 22.5 Å². The second-order valence-corrected chi connectivity index (χ2v) is 10.4. The van der Waals surface area contributed by atoms with Crippen LogP contribution in [-0.2, 0) is 6.54 Å². The number of rotatable bonds is 10. The highest BCUT2D eigenvalue weighted by molar-refractivity contribution is 7.99. The van der Waals surface area contributed by atoms with Gasteiger partial charge in [-0.1, -0.05) is 83.0 Å². The molecule has 1 amide bonds. The summed E-state index contributed by atoms with van der Waals surface area (Å²) in [6, 6.07) is 21.0. The van der Waals surface area contributed by atoms with Crippen LogP contribution in [0.1, 0.15) is 34.8 Å². The minimum absolute atomic E-state index is 0.00406. The number of imidazole rings is 1. The van der Waals surface area contributed by atoms with Crippen LogP contribution in [0.15, 0.2) is 71.9 Å². The van der Waals surface area contributed by atoms with Gasteiger partial charge in [-0.2, -0.15) is 0 Å². The van der Waals surface area contributed by atoms with Gasteiger partial charge in [-0.15, -0.1) is 0 Å². The third kappa shape index (κ3) is 6.26. The minimum Gasteiger partial charge on any atom is -0.352 e. The molecule has 0 aliphatic heterocycles. The fourth-order valence-corrected chi connectivity index (χ4v) is 5.28. The number of hydrogen-bond acceptors (Lipinski definition) is 5. The van der Waals surface area contributed by atoms with E-state index in [0.717, 1.165) is 40.0 Å². The average Bonchev–Trinajstić information content (AvgIpc) is 3.27. The van der Waals surface area contributed by atoms with Crippen molar-refractivity contribution in [2.45, 2.75) is 38.9 Å². The van der Waals surface area contributed by atoms with Gasteiger partial charge < -0.3 is 9.88 Å². The summed E-state index contributed by atoms with van der Waals surface area (Å²) < 4.78 is 2.25. The molecule has 1 N–H and O–H groups in total. The van der Waals surface area contributed by atoms with E-state index in [9.17, 15) is 14.9 Å². The largest absolute Gasteiger partial charge is 0.352 e. The summed E-state index contributed by atoms with van der Waals surface area (Å²) in [7, 11) is 0. The second-order valence-electron chi connectivity index (χ2n) is 8.95. The first-order chi connectivity index (χ1) is 18.3. The number of nitro groups is 1. The maximum Gasteiger partial charge on any atom is 0.288 e. The van der Waals surface area contributed by atoms with Crippen molar-refractivity contribution in [1.29, 1.82) is 0 Å². The van der Waals surface area contributed by atoms with Gasteiger partial charge >= 0.3 is 0 Å². The fraction of sp³-hybridized carbons (Fsp3) is 0.241. The van der Waals surface area contributed by atoms with E-state index in [1.54, 1.807) is 11.8 Å². The summed E-state index contributed by atoms with van der Waals surface area (Å²) in [5, 5.41) is 14.9. The van der Waals surface area contributed by atoms with Crippen molar-refractivity contribution in [3.63, 3.8) is 0 Å².